The van der Waals surface area contributed by atoms with Gasteiger partial charge in [-0.1, -0.05) is 12.5 Å². The molecule has 1 aliphatic heterocycles. The Hall–Kier alpha value is -0.730. The van der Waals surface area contributed by atoms with Gasteiger partial charge in [0.25, 0.3) is 0 Å². The van der Waals surface area contributed by atoms with Crippen molar-refractivity contribution in [3.63, 3.8) is 0 Å². The highest BCUT2D eigenvalue weighted by Crippen LogP contribution is 2.35. The average Bonchev–Trinajstić information content (AvgIpc) is 2.39. The lowest BCUT2D eigenvalue weighted by Crippen LogP contribution is -2.52. The lowest BCUT2D eigenvalue weighted by molar-refractivity contribution is 0.225. The van der Waals surface area contributed by atoms with Gasteiger partial charge < -0.3 is 10.1 Å². The number of aryl methyl sites for hydroxylation is 1. The fourth-order valence-electron chi connectivity index (χ4n) is 3.36. The van der Waals surface area contributed by atoms with Gasteiger partial charge in [0.05, 0.1) is 7.11 Å². The third-order valence-electron chi connectivity index (χ3n) is 4.40. The summed E-state index contributed by atoms with van der Waals surface area (Å²) in [5.74, 6) is 0.997. The van der Waals surface area contributed by atoms with Crippen LogP contribution in [0.4, 0.5) is 0 Å². The number of hydrogen-bond acceptors (Lipinski definition) is 2. The van der Waals surface area contributed by atoms with E-state index in [1.807, 2.05) is 0 Å². The molecule has 1 aromatic rings. The van der Waals surface area contributed by atoms with Gasteiger partial charge in [0.15, 0.2) is 0 Å². The Morgan fingerprint density at radius 2 is 2.06 bits per heavy atom. The molecule has 0 aromatic heterocycles. The SMILES string of the molecule is COc1ccc2c(c1)CC[C@]1(CCCCN1)C2.Cl. The molecule has 1 heterocycles. The van der Waals surface area contributed by atoms with E-state index in [-0.39, 0.29) is 12.4 Å². The van der Waals surface area contributed by atoms with Crippen molar-refractivity contribution in [1.29, 1.82) is 0 Å². The lowest BCUT2D eigenvalue weighted by Gasteiger charge is -2.42. The summed E-state index contributed by atoms with van der Waals surface area (Å²) in [7, 11) is 1.74. The second-order valence-corrected chi connectivity index (χ2v) is 5.48. The number of halogens is 1. The van der Waals surface area contributed by atoms with E-state index in [9.17, 15) is 0 Å². The monoisotopic (exact) mass is 267 g/mol. The van der Waals surface area contributed by atoms with Crippen molar-refractivity contribution < 1.29 is 4.74 Å². The standard InChI is InChI=1S/C15H21NO.ClH/c1-17-14-5-4-13-11-15(7-2-3-9-16-15)8-6-12(13)10-14;/h4-5,10,16H,2-3,6-9,11H2,1H3;1H/t15-;/m1./s1. The van der Waals surface area contributed by atoms with Crippen molar-refractivity contribution in [2.45, 2.75) is 44.1 Å². The Balaban J connectivity index is 0.00000120. The molecule has 0 unspecified atom stereocenters. The predicted molar refractivity (Wildman–Crippen MR) is 76.9 cm³/mol. The molecule has 100 valence electrons. The summed E-state index contributed by atoms with van der Waals surface area (Å²) in [4.78, 5) is 0. The predicted octanol–water partition coefficient (Wildman–Crippen LogP) is 3.12. The van der Waals surface area contributed by atoms with Gasteiger partial charge in [0.1, 0.15) is 5.75 Å². The minimum atomic E-state index is 0. The number of rotatable bonds is 1. The molecule has 1 N–H and O–H groups in total. The number of methoxy groups -OCH3 is 1. The average molecular weight is 268 g/mol. The van der Waals surface area contributed by atoms with Crippen LogP contribution in [-0.4, -0.2) is 19.2 Å². The first kappa shape index (κ1) is 13.7. The van der Waals surface area contributed by atoms with Crippen LogP contribution in [0.5, 0.6) is 5.75 Å². The molecule has 3 heteroatoms. The van der Waals surface area contributed by atoms with Gasteiger partial charge in [-0.3, -0.25) is 0 Å². The summed E-state index contributed by atoms with van der Waals surface area (Å²) in [5.41, 5.74) is 3.41. The van der Waals surface area contributed by atoms with Crippen molar-refractivity contribution >= 4 is 12.4 Å². The van der Waals surface area contributed by atoms with Crippen molar-refractivity contribution in [1.82, 2.24) is 5.32 Å². The molecule has 1 spiro atoms. The second kappa shape index (κ2) is 5.50. The van der Waals surface area contributed by atoms with E-state index in [0.717, 1.165) is 5.75 Å². The van der Waals surface area contributed by atoms with Crippen LogP contribution in [0.1, 0.15) is 36.8 Å². The third-order valence-corrected chi connectivity index (χ3v) is 4.40. The molecule has 1 atom stereocenters. The summed E-state index contributed by atoms with van der Waals surface area (Å²) in [5, 5.41) is 3.77. The van der Waals surface area contributed by atoms with Gasteiger partial charge in [0, 0.05) is 5.54 Å². The molecule has 1 aromatic carbocycles. The molecule has 0 saturated carbocycles. The van der Waals surface area contributed by atoms with Crippen LogP contribution in [0.25, 0.3) is 0 Å². The third kappa shape index (κ3) is 2.50. The number of benzene rings is 1. The summed E-state index contributed by atoms with van der Waals surface area (Å²) in [6.07, 6.45) is 7.76. The molecule has 2 nitrogen and oxygen atoms in total. The van der Waals surface area contributed by atoms with Gasteiger partial charge in [-0.25, -0.2) is 0 Å². The summed E-state index contributed by atoms with van der Waals surface area (Å²) in [6.45, 7) is 1.20. The first-order valence-corrected chi connectivity index (χ1v) is 6.72. The Morgan fingerprint density at radius 1 is 1.17 bits per heavy atom. The molecular weight excluding hydrogens is 246 g/mol. The topological polar surface area (TPSA) is 21.3 Å². The van der Waals surface area contributed by atoms with Crippen molar-refractivity contribution in [3.05, 3.63) is 29.3 Å². The van der Waals surface area contributed by atoms with Crippen molar-refractivity contribution in [3.8, 4) is 5.75 Å². The molecule has 1 saturated heterocycles. The summed E-state index contributed by atoms with van der Waals surface area (Å²) >= 11 is 0. The maximum absolute atomic E-state index is 5.30. The molecule has 18 heavy (non-hydrogen) atoms. The van der Waals surface area contributed by atoms with Crippen LogP contribution < -0.4 is 10.1 Å². The maximum atomic E-state index is 5.30. The van der Waals surface area contributed by atoms with E-state index in [0.29, 0.717) is 5.54 Å². The molecule has 3 rings (SSSR count). The van der Waals surface area contributed by atoms with Gasteiger partial charge in [0.2, 0.25) is 0 Å². The molecule has 0 bridgehead atoms. The molecular formula is C15H22ClNO. The Morgan fingerprint density at radius 3 is 2.78 bits per heavy atom. The lowest BCUT2D eigenvalue weighted by atomic mass is 9.74. The van der Waals surface area contributed by atoms with Crippen LogP contribution in [0.3, 0.4) is 0 Å². The van der Waals surface area contributed by atoms with E-state index in [1.54, 1.807) is 7.11 Å². The second-order valence-electron chi connectivity index (χ2n) is 5.48. The van der Waals surface area contributed by atoms with Crippen LogP contribution in [0.2, 0.25) is 0 Å². The van der Waals surface area contributed by atoms with E-state index in [4.69, 9.17) is 4.74 Å². The fraction of sp³-hybridized carbons (Fsp3) is 0.600. The summed E-state index contributed by atoms with van der Waals surface area (Å²) < 4.78 is 5.30. The molecule has 0 amide bonds. The molecule has 1 fully saturated rings. The zero-order valence-corrected chi connectivity index (χ0v) is 11.8. The van der Waals surface area contributed by atoms with Gasteiger partial charge in [-0.2, -0.15) is 0 Å². The van der Waals surface area contributed by atoms with Crippen molar-refractivity contribution in [2.24, 2.45) is 0 Å². The first-order valence-electron chi connectivity index (χ1n) is 6.72. The smallest absolute Gasteiger partial charge is 0.119 e. The van der Waals surface area contributed by atoms with E-state index >= 15 is 0 Å². The normalized spacial score (nSPS) is 26.3. The Kier molecular flexibility index (Phi) is 4.18. The number of ether oxygens (including phenoxy) is 1. The van der Waals surface area contributed by atoms with Gasteiger partial charge in [-0.15, -0.1) is 12.4 Å². The Bertz CT molecular complexity index is 413. The highest BCUT2D eigenvalue weighted by atomic mass is 35.5. The molecule has 2 aliphatic rings. The van der Waals surface area contributed by atoms with Crippen LogP contribution in [0, 0.1) is 0 Å². The minimum Gasteiger partial charge on any atom is -0.497 e. The van der Waals surface area contributed by atoms with Gasteiger partial charge >= 0.3 is 0 Å². The highest BCUT2D eigenvalue weighted by Gasteiger charge is 2.35. The van der Waals surface area contributed by atoms with Crippen LogP contribution in [-0.2, 0) is 12.8 Å². The minimum absolute atomic E-state index is 0. The molecule has 1 aliphatic carbocycles. The van der Waals surface area contributed by atoms with Crippen molar-refractivity contribution in [2.75, 3.05) is 13.7 Å². The number of piperidine rings is 1. The Labute approximate surface area is 116 Å². The van der Waals surface area contributed by atoms with Crippen LogP contribution >= 0.6 is 12.4 Å². The maximum Gasteiger partial charge on any atom is 0.119 e. The number of nitrogens with one attached hydrogen (secondary N) is 1. The van der Waals surface area contributed by atoms with E-state index < -0.39 is 0 Å². The van der Waals surface area contributed by atoms with E-state index in [1.165, 1.54) is 56.2 Å². The first-order chi connectivity index (χ1) is 8.31. The largest absolute Gasteiger partial charge is 0.497 e. The van der Waals surface area contributed by atoms with Crippen LogP contribution in [0.15, 0.2) is 18.2 Å². The summed E-state index contributed by atoms with van der Waals surface area (Å²) in [6, 6.07) is 6.57. The highest BCUT2D eigenvalue weighted by molar-refractivity contribution is 5.85. The quantitative estimate of drug-likeness (QED) is 0.844. The zero-order chi connectivity index (χ0) is 11.7. The zero-order valence-electron chi connectivity index (χ0n) is 11.0. The number of fused-ring (bicyclic) bond motifs is 1. The fourth-order valence-corrected chi connectivity index (χ4v) is 3.36. The molecule has 0 radical (unpaired) electrons. The van der Waals surface area contributed by atoms with E-state index in [2.05, 4.69) is 23.5 Å². The number of hydrogen-bond donors (Lipinski definition) is 1. The van der Waals surface area contributed by atoms with Gasteiger partial charge in [-0.05, 0) is 61.9 Å².